The summed E-state index contributed by atoms with van der Waals surface area (Å²) in [6.07, 6.45) is 3.67. The van der Waals surface area contributed by atoms with Gasteiger partial charge in [0, 0.05) is 18.8 Å². The van der Waals surface area contributed by atoms with Crippen molar-refractivity contribution in [2.45, 2.75) is 25.7 Å². The molecule has 5 heteroatoms. The van der Waals surface area contributed by atoms with Crippen LogP contribution in [-0.2, 0) is 17.6 Å². The Morgan fingerprint density at radius 2 is 1.62 bits per heavy atom. The number of halogens is 1. The molecule has 26 heavy (non-hydrogen) atoms. The third-order valence-corrected chi connectivity index (χ3v) is 4.99. The third-order valence-electron chi connectivity index (χ3n) is 4.99. The van der Waals surface area contributed by atoms with Crippen LogP contribution in [0.4, 0.5) is 5.69 Å². The molecule has 4 nitrogen and oxygen atoms in total. The number of hydrogen-bond acceptors (Lipinski definition) is 3. The van der Waals surface area contributed by atoms with Gasteiger partial charge in [-0.15, -0.1) is 12.4 Å². The topological polar surface area (TPSA) is 55.6 Å². The monoisotopic (exact) mass is 374 g/mol. The highest BCUT2D eigenvalue weighted by molar-refractivity contribution is 5.85. The number of rotatable bonds is 5. The fourth-order valence-electron chi connectivity index (χ4n) is 3.40. The molecule has 140 valence electrons. The van der Waals surface area contributed by atoms with Gasteiger partial charge in [0.2, 0.25) is 5.91 Å². The summed E-state index contributed by atoms with van der Waals surface area (Å²) in [4.78, 5) is 14.5. The van der Waals surface area contributed by atoms with Gasteiger partial charge in [-0.25, -0.2) is 0 Å². The van der Waals surface area contributed by atoms with Crippen molar-refractivity contribution >= 4 is 24.0 Å². The van der Waals surface area contributed by atoms with Crippen molar-refractivity contribution in [2.24, 2.45) is 5.92 Å². The van der Waals surface area contributed by atoms with E-state index in [0.717, 1.165) is 49.4 Å². The maximum absolute atomic E-state index is 12.5. The normalized spacial score (nSPS) is 14.6. The van der Waals surface area contributed by atoms with E-state index in [1.54, 1.807) is 7.11 Å². The molecule has 1 fully saturated rings. The van der Waals surface area contributed by atoms with Gasteiger partial charge in [0.05, 0.1) is 13.5 Å². The van der Waals surface area contributed by atoms with Gasteiger partial charge < -0.3 is 15.4 Å². The van der Waals surface area contributed by atoms with Gasteiger partial charge in [0.15, 0.2) is 0 Å². The van der Waals surface area contributed by atoms with Crippen LogP contribution in [0.25, 0.3) is 0 Å². The van der Waals surface area contributed by atoms with Crippen LogP contribution in [0.2, 0.25) is 0 Å². The lowest BCUT2D eigenvalue weighted by Crippen LogP contribution is -2.39. The van der Waals surface area contributed by atoms with Crippen LogP contribution in [0, 0.1) is 5.92 Å². The van der Waals surface area contributed by atoms with E-state index in [4.69, 9.17) is 10.5 Å². The minimum absolute atomic E-state index is 0. The molecule has 0 bridgehead atoms. The minimum Gasteiger partial charge on any atom is -0.497 e. The number of benzene rings is 2. The van der Waals surface area contributed by atoms with E-state index >= 15 is 0 Å². The number of hydrogen-bond donors (Lipinski definition) is 1. The summed E-state index contributed by atoms with van der Waals surface area (Å²) < 4.78 is 5.20. The molecule has 0 saturated carbocycles. The highest BCUT2D eigenvalue weighted by Crippen LogP contribution is 2.23. The number of carbonyl (C=O) groups excluding carboxylic acids is 1. The molecule has 0 aromatic heterocycles. The summed E-state index contributed by atoms with van der Waals surface area (Å²) >= 11 is 0. The summed E-state index contributed by atoms with van der Waals surface area (Å²) in [7, 11) is 1.69. The number of methoxy groups -OCH3 is 1. The minimum atomic E-state index is 0. The predicted octanol–water partition coefficient (Wildman–Crippen LogP) is 3.72. The first-order chi connectivity index (χ1) is 12.1. The molecule has 0 atom stereocenters. The van der Waals surface area contributed by atoms with Crippen LogP contribution < -0.4 is 10.5 Å². The first-order valence-electron chi connectivity index (χ1n) is 8.89. The van der Waals surface area contributed by atoms with E-state index in [9.17, 15) is 4.79 Å². The lowest BCUT2D eigenvalue weighted by Gasteiger charge is -2.32. The molecule has 1 aliphatic heterocycles. The largest absolute Gasteiger partial charge is 0.497 e. The number of amides is 1. The van der Waals surface area contributed by atoms with E-state index in [1.165, 1.54) is 5.56 Å². The molecule has 2 aromatic carbocycles. The zero-order valence-electron chi connectivity index (χ0n) is 15.2. The first-order valence-corrected chi connectivity index (χ1v) is 8.89. The average Bonchev–Trinajstić information content (AvgIpc) is 2.65. The van der Waals surface area contributed by atoms with Crippen LogP contribution in [0.1, 0.15) is 24.0 Å². The number of piperidine rings is 1. The number of carbonyl (C=O) groups is 1. The highest BCUT2D eigenvalue weighted by atomic mass is 35.5. The fourth-order valence-corrected chi connectivity index (χ4v) is 3.40. The van der Waals surface area contributed by atoms with Crippen LogP contribution in [-0.4, -0.2) is 31.0 Å². The zero-order valence-corrected chi connectivity index (χ0v) is 16.0. The van der Waals surface area contributed by atoms with Crippen molar-refractivity contribution < 1.29 is 9.53 Å². The Balaban J connectivity index is 0.00000243. The van der Waals surface area contributed by atoms with Crippen LogP contribution >= 0.6 is 12.4 Å². The van der Waals surface area contributed by atoms with Crippen molar-refractivity contribution in [3.05, 3.63) is 59.7 Å². The van der Waals surface area contributed by atoms with E-state index in [0.29, 0.717) is 12.3 Å². The Kier molecular flexibility index (Phi) is 7.34. The van der Waals surface area contributed by atoms with Crippen molar-refractivity contribution in [1.29, 1.82) is 0 Å². The van der Waals surface area contributed by atoms with E-state index in [1.807, 2.05) is 41.3 Å². The molecule has 1 aliphatic rings. The molecule has 2 N–H and O–H groups in total. The Morgan fingerprint density at radius 3 is 2.19 bits per heavy atom. The quantitative estimate of drug-likeness (QED) is 0.811. The van der Waals surface area contributed by atoms with Gasteiger partial charge in [0.1, 0.15) is 5.75 Å². The van der Waals surface area contributed by atoms with Gasteiger partial charge >= 0.3 is 0 Å². The summed E-state index contributed by atoms with van der Waals surface area (Å²) in [5.74, 6) is 1.76. The maximum atomic E-state index is 12.5. The van der Waals surface area contributed by atoms with Crippen LogP contribution in [0.5, 0.6) is 5.75 Å². The SMILES string of the molecule is COc1ccc(CC2CCN(C(=O)Cc3ccc(N)cc3)CC2)cc1.Cl. The average molecular weight is 375 g/mol. The fraction of sp³-hybridized carbons (Fsp3) is 0.381. The molecular weight excluding hydrogens is 348 g/mol. The van der Waals surface area contributed by atoms with Crippen LogP contribution in [0.3, 0.4) is 0 Å². The lowest BCUT2D eigenvalue weighted by atomic mass is 9.90. The molecular formula is C21H27ClN2O2. The van der Waals surface area contributed by atoms with Gasteiger partial charge in [-0.3, -0.25) is 4.79 Å². The highest BCUT2D eigenvalue weighted by Gasteiger charge is 2.23. The second kappa shape index (κ2) is 9.48. The van der Waals surface area contributed by atoms with Crippen molar-refractivity contribution in [3.63, 3.8) is 0 Å². The molecule has 0 spiro atoms. The third kappa shape index (κ3) is 5.40. The van der Waals surface area contributed by atoms with Gasteiger partial charge in [-0.05, 0) is 60.6 Å². The van der Waals surface area contributed by atoms with Crippen LogP contribution in [0.15, 0.2) is 48.5 Å². The molecule has 1 amide bonds. The van der Waals surface area contributed by atoms with Gasteiger partial charge in [0.25, 0.3) is 0 Å². The molecule has 1 saturated heterocycles. The molecule has 1 heterocycles. The van der Waals surface area contributed by atoms with Crippen molar-refractivity contribution in [3.8, 4) is 5.75 Å². The Hall–Kier alpha value is -2.20. The molecule has 0 radical (unpaired) electrons. The molecule has 0 aliphatic carbocycles. The number of nitrogen functional groups attached to an aromatic ring is 1. The lowest BCUT2D eigenvalue weighted by molar-refractivity contribution is -0.131. The number of likely N-dealkylation sites (tertiary alicyclic amines) is 1. The molecule has 0 unspecified atom stereocenters. The summed E-state index contributed by atoms with van der Waals surface area (Å²) in [5, 5.41) is 0. The smallest absolute Gasteiger partial charge is 0.226 e. The van der Waals surface area contributed by atoms with Gasteiger partial charge in [-0.1, -0.05) is 24.3 Å². The standard InChI is InChI=1S/C21H26N2O2.ClH/c1-25-20-8-4-16(5-9-20)14-18-10-12-23(13-11-18)21(24)15-17-2-6-19(22)7-3-17;/h2-9,18H,10-15,22H2,1H3;1H. The number of nitrogens with two attached hydrogens (primary N) is 1. The Morgan fingerprint density at radius 1 is 1.04 bits per heavy atom. The Labute approximate surface area is 161 Å². The number of anilines is 1. The van der Waals surface area contributed by atoms with Gasteiger partial charge in [-0.2, -0.15) is 0 Å². The Bertz CT molecular complexity index is 693. The summed E-state index contributed by atoms with van der Waals surface area (Å²) in [6, 6.07) is 15.9. The first kappa shape index (κ1) is 20.1. The van der Waals surface area contributed by atoms with E-state index in [2.05, 4.69) is 12.1 Å². The predicted molar refractivity (Wildman–Crippen MR) is 108 cm³/mol. The maximum Gasteiger partial charge on any atom is 0.226 e. The second-order valence-corrected chi connectivity index (χ2v) is 6.79. The number of nitrogens with zero attached hydrogens (tertiary/aromatic N) is 1. The summed E-state index contributed by atoms with van der Waals surface area (Å²) in [5.41, 5.74) is 8.79. The van der Waals surface area contributed by atoms with Crippen molar-refractivity contribution in [1.82, 2.24) is 4.90 Å². The zero-order chi connectivity index (χ0) is 17.6. The summed E-state index contributed by atoms with van der Waals surface area (Å²) in [6.45, 7) is 1.71. The van der Waals surface area contributed by atoms with Crippen molar-refractivity contribution in [2.75, 3.05) is 25.9 Å². The number of ether oxygens (including phenoxy) is 1. The molecule has 3 rings (SSSR count). The second-order valence-electron chi connectivity index (χ2n) is 6.79. The molecule has 2 aromatic rings. The van der Waals surface area contributed by atoms with E-state index in [-0.39, 0.29) is 18.3 Å². The van der Waals surface area contributed by atoms with E-state index < -0.39 is 0 Å².